The summed E-state index contributed by atoms with van der Waals surface area (Å²) in [7, 11) is 2.03. The summed E-state index contributed by atoms with van der Waals surface area (Å²) < 4.78 is 5.69. The number of piperidine rings is 1. The van der Waals surface area contributed by atoms with Crippen LogP contribution in [0.2, 0.25) is 0 Å². The average molecular weight is 500 g/mol. The van der Waals surface area contributed by atoms with E-state index in [9.17, 15) is 15.2 Å². The molecule has 2 aromatic carbocycles. The number of nitro benzene ring substituents is 1. The van der Waals surface area contributed by atoms with Gasteiger partial charge in [-0.1, -0.05) is 18.2 Å². The molecular weight excluding hydrogens is 465 g/mol. The second-order valence-electron chi connectivity index (χ2n) is 8.72. The molecule has 1 aliphatic rings. The molecule has 0 bridgehead atoms. The summed E-state index contributed by atoms with van der Waals surface area (Å²) in [5.41, 5.74) is 1.28. The Bertz CT molecular complexity index is 872. The summed E-state index contributed by atoms with van der Waals surface area (Å²) in [5.74, 6) is 0.858. The van der Waals surface area contributed by atoms with Crippen molar-refractivity contribution in [1.82, 2.24) is 4.90 Å². The second-order valence-corrected chi connectivity index (χ2v) is 8.72. The summed E-state index contributed by atoms with van der Waals surface area (Å²) in [4.78, 5) is 15.2. The van der Waals surface area contributed by atoms with Crippen LogP contribution in [0.4, 0.5) is 11.4 Å². The molecule has 7 nitrogen and oxygen atoms in total. The Balaban J connectivity index is 0.00000272. The summed E-state index contributed by atoms with van der Waals surface area (Å²) in [6, 6.07) is 14.9. The summed E-state index contributed by atoms with van der Waals surface area (Å²) >= 11 is 0. The second kappa shape index (κ2) is 13.0. The van der Waals surface area contributed by atoms with E-state index in [4.69, 9.17) is 4.74 Å². The van der Waals surface area contributed by atoms with Crippen molar-refractivity contribution >= 4 is 36.2 Å². The zero-order valence-corrected chi connectivity index (χ0v) is 21.1. The molecule has 0 radical (unpaired) electrons. The zero-order valence-electron chi connectivity index (χ0n) is 19.5. The van der Waals surface area contributed by atoms with Gasteiger partial charge in [-0.3, -0.25) is 15.0 Å². The number of hydrogen-bond donors (Lipinski definition) is 1. The standard InChI is InChI=1S/C24H33N3O4.2ClH/c1-19(2)31-22-10-8-21(9-11-22)25(3)15-12-24(28)13-16-26(17-14-24)18-20-6-4-5-7-23(20)27(29)30;;/h4-11,19,28H,12-18H2,1-3H3;2*1H. The molecule has 0 aliphatic carbocycles. The maximum absolute atomic E-state index is 11.2. The van der Waals surface area contributed by atoms with Crippen molar-refractivity contribution in [3.8, 4) is 5.75 Å². The molecule has 0 aromatic heterocycles. The highest BCUT2D eigenvalue weighted by Gasteiger charge is 2.32. The van der Waals surface area contributed by atoms with Crippen LogP contribution in [0.1, 0.15) is 38.7 Å². The van der Waals surface area contributed by atoms with Crippen LogP contribution < -0.4 is 9.64 Å². The number of benzene rings is 2. The number of hydrogen-bond acceptors (Lipinski definition) is 6. The van der Waals surface area contributed by atoms with Gasteiger partial charge in [-0.2, -0.15) is 0 Å². The molecule has 0 unspecified atom stereocenters. The number of anilines is 1. The number of aliphatic hydroxyl groups is 1. The third-order valence-electron chi connectivity index (χ3n) is 5.93. The van der Waals surface area contributed by atoms with Crippen LogP contribution in [0.3, 0.4) is 0 Å². The summed E-state index contributed by atoms with van der Waals surface area (Å²) in [6.45, 7) is 6.77. The molecule has 1 aliphatic heterocycles. The van der Waals surface area contributed by atoms with Crippen molar-refractivity contribution in [2.24, 2.45) is 0 Å². The maximum atomic E-state index is 11.2. The third kappa shape index (κ3) is 8.34. The van der Waals surface area contributed by atoms with Gasteiger partial charge in [-0.25, -0.2) is 0 Å². The topological polar surface area (TPSA) is 79.1 Å². The van der Waals surface area contributed by atoms with Gasteiger partial charge in [-0.15, -0.1) is 24.8 Å². The van der Waals surface area contributed by atoms with E-state index in [2.05, 4.69) is 9.80 Å². The first kappa shape index (κ1) is 29.0. The van der Waals surface area contributed by atoms with Crippen molar-refractivity contribution in [2.75, 3.05) is 31.6 Å². The monoisotopic (exact) mass is 499 g/mol. The maximum Gasteiger partial charge on any atom is 0.273 e. The minimum absolute atomic E-state index is 0. The van der Waals surface area contributed by atoms with Gasteiger partial charge in [0, 0.05) is 50.5 Å². The Morgan fingerprint density at radius 1 is 1.12 bits per heavy atom. The zero-order chi connectivity index (χ0) is 22.4. The van der Waals surface area contributed by atoms with Crippen molar-refractivity contribution in [2.45, 2.75) is 51.4 Å². The largest absolute Gasteiger partial charge is 0.491 e. The van der Waals surface area contributed by atoms with Crippen LogP contribution in [-0.4, -0.2) is 53.3 Å². The Morgan fingerprint density at radius 2 is 1.73 bits per heavy atom. The molecule has 0 amide bonds. The van der Waals surface area contributed by atoms with Gasteiger partial charge in [0.25, 0.3) is 5.69 Å². The normalized spacial score (nSPS) is 15.3. The predicted octanol–water partition coefficient (Wildman–Crippen LogP) is 5.08. The van der Waals surface area contributed by atoms with E-state index >= 15 is 0 Å². The highest BCUT2D eigenvalue weighted by molar-refractivity contribution is 5.85. The van der Waals surface area contributed by atoms with Gasteiger partial charge >= 0.3 is 0 Å². The first-order valence-corrected chi connectivity index (χ1v) is 10.9. The smallest absolute Gasteiger partial charge is 0.273 e. The van der Waals surface area contributed by atoms with Gasteiger partial charge in [0.05, 0.1) is 16.6 Å². The lowest BCUT2D eigenvalue weighted by Gasteiger charge is -2.39. The lowest BCUT2D eigenvalue weighted by atomic mass is 9.88. The Hall–Kier alpha value is -2.06. The van der Waals surface area contributed by atoms with Crippen LogP contribution in [0.25, 0.3) is 0 Å². The van der Waals surface area contributed by atoms with Crippen molar-refractivity contribution in [1.29, 1.82) is 0 Å². The van der Waals surface area contributed by atoms with Crippen LogP contribution in [0.15, 0.2) is 48.5 Å². The van der Waals surface area contributed by atoms with Gasteiger partial charge in [-0.05, 0) is 57.4 Å². The van der Waals surface area contributed by atoms with Crippen molar-refractivity contribution < 1.29 is 14.8 Å². The molecule has 1 heterocycles. The molecule has 184 valence electrons. The molecule has 1 N–H and O–H groups in total. The molecule has 0 atom stereocenters. The van der Waals surface area contributed by atoms with Crippen LogP contribution in [0, 0.1) is 10.1 Å². The molecule has 3 rings (SSSR count). The number of para-hydroxylation sites is 1. The van der Waals surface area contributed by atoms with Crippen molar-refractivity contribution in [3.05, 3.63) is 64.2 Å². The number of nitro groups is 1. The number of ether oxygens (including phenoxy) is 1. The van der Waals surface area contributed by atoms with E-state index in [1.807, 2.05) is 57.3 Å². The van der Waals surface area contributed by atoms with Crippen LogP contribution in [0.5, 0.6) is 5.75 Å². The predicted molar refractivity (Wildman–Crippen MR) is 137 cm³/mol. The Morgan fingerprint density at radius 3 is 2.30 bits per heavy atom. The van der Waals surface area contributed by atoms with Gasteiger partial charge < -0.3 is 14.7 Å². The third-order valence-corrected chi connectivity index (χ3v) is 5.93. The van der Waals surface area contributed by atoms with Gasteiger partial charge in [0.2, 0.25) is 0 Å². The molecule has 33 heavy (non-hydrogen) atoms. The van der Waals surface area contributed by atoms with E-state index < -0.39 is 5.60 Å². The van der Waals surface area contributed by atoms with E-state index in [-0.39, 0.29) is 41.5 Å². The SMILES string of the molecule is CC(C)Oc1ccc(N(C)CCC2(O)CCN(Cc3ccccc3[N+](=O)[O-])CC2)cc1.Cl.Cl. The van der Waals surface area contributed by atoms with E-state index in [1.165, 1.54) is 0 Å². The quantitative estimate of drug-likeness (QED) is 0.382. The summed E-state index contributed by atoms with van der Waals surface area (Å²) in [5, 5.41) is 22.3. The number of halogens is 2. The molecule has 2 aromatic rings. The van der Waals surface area contributed by atoms with Gasteiger partial charge in [0.1, 0.15) is 5.75 Å². The summed E-state index contributed by atoms with van der Waals surface area (Å²) in [6.07, 6.45) is 2.18. The number of nitrogens with zero attached hydrogens (tertiary/aromatic N) is 3. The van der Waals surface area contributed by atoms with E-state index in [0.717, 1.165) is 36.6 Å². The van der Waals surface area contributed by atoms with Crippen molar-refractivity contribution in [3.63, 3.8) is 0 Å². The number of rotatable bonds is 9. The minimum Gasteiger partial charge on any atom is -0.491 e. The van der Waals surface area contributed by atoms with Crippen LogP contribution in [-0.2, 0) is 6.54 Å². The first-order chi connectivity index (χ1) is 14.8. The molecule has 0 spiro atoms. The Labute approximate surface area is 208 Å². The molecule has 0 saturated carbocycles. The number of likely N-dealkylation sites (tertiary alicyclic amines) is 1. The lowest BCUT2D eigenvalue weighted by molar-refractivity contribution is -0.385. The minimum atomic E-state index is -0.700. The lowest BCUT2D eigenvalue weighted by Crippen LogP contribution is -2.45. The fraction of sp³-hybridized carbons (Fsp3) is 0.500. The van der Waals surface area contributed by atoms with E-state index in [1.54, 1.807) is 12.1 Å². The highest BCUT2D eigenvalue weighted by Crippen LogP contribution is 2.29. The average Bonchev–Trinajstić information content (AvgIpc) is 2.74. The first-order valence-electron chi connectivity index (χ1n) is 10.9. The molecule has 1 saturated heterocycles. The van der Waals surface area contributed by atoms with Crippen LogP contribution >= 0.6 is 24.8 Å². The highest BCUT2D eigenvalue weighted by atomic mass is 35.5. The molecular formula is C24H35Cl2N3O4. The van der Waals surface area contributed by atoms with Gasteiger partial charge in [0.15, 0.2) is 0 Å². The van der Waals surface area contributed by atoms with E-state index in [0.29, 0.717) is 25.8 Å². The molecule has 9 heteroatoms. The fourth-order valence-electron chi connectivity index (χ4n) is 4.00. The Kier molecular flexibility index (Phi) is 11.4. The fourth-order valence-corrected chi connectivity index (χ4v) is 4.00. The molecule has 1 fully saturated rings.